The molecule has 0 unspecified atom stereocenters. The van der Waals surface area contributed by atoms with Crippen LogP contribution in [0, 0.1) is 20.8 Å². The number of unbranched alkanes of at least 4 members (excludes halogenated alkanes) is 1. The molecule has 126 valence electrons. The van der Waals surface area contributed by atoms with Gasteiger partial charge in [0.05, 0.1) is 4.90 Å². The van der Waals surface area contributed by atoms with Gasteiger partial charge in [-0.2, -0.15) is 0 Å². The minimum Gasteiger partial charge on any atom is -0.304 e. The van der Waals surface area contributed by atoms with Gasteiger partial charge in [-0.25, -0.2) is 13.1 Å². The van der Waals surface area contributed by atoms with Crippen LogP contribution >= 0.6 is 0 Å². The van der Waals surface area contributed by atoms with Crippen molar-refractivity contribution in [1.82, 2.24) is 9.62 Å². The highest BCUT2D eigenvalue weighted by Gasteiger charge is 2.19. The Hall–Kier alpha value is -0.910. The molecule has 0 aliphatic heterocycles. The molecule has 0 aromatic heterocycles. The molecule has 0 fully saturated rings. The quantitative estimate of drug-likeness (QED) is 0.747. The number of rotatable bonds is 8. The Morgan fingerprint density at radius 1 is 1.09 bits per heavy atom. The Labute approximate surface area is 136 Å². The lowest BCUT2D eigenvalue weighted by Gasteiger charge is -2.20. The van der Waals surface area contributed by atoms with Crippen molar-refractivity contribution in [2.24, 2.45) is 0 Å². The Kier molecular flexibility index (Phi) is 7.03. The van der Waals surface area contributed by atoms with Gasteiger partial charge in [-0.1, -0.05) is 17.7 Å². The molecule has 1 N–H and O–H groups in total. The van der Waals surface area contributed by atoms with Crippen LogP contribution in [0.2, 0.25) is 0 Å². The Morgan fingerprint density at radius 3 is 2.14 bits per heavy atom. The number of sulfonamides is 1. The van der Waals surface area contributed by atoms with Crippen molar-refractivity contribution in [1.29, 1.82) is 0 Å². The van der Waals surface area contributed by atoms with Crippen LogP contribution in [-0.2, 0) is 10.0 Å². The van der Waals surface area contributed by atoms with Gasteiger partial charge >= 0.3 is 0 Å². The third-order valence-electron chi connectivity index (χ3n) is 3.98. The first-order valence-electron chi connectivity index (χ1n) is 7.93. The molecule has 0 bridgehead atoms. The van der Waals surface area contributed by atoms with Gasteiger partial charge in [0.1, 0.15) is 0 Å². The number of aryl methyl sites for hydroxylation is 3. The van der Waals surface area contributed by atoms with Crippen molar-refractivity contribution in [3.05, 3.63) is 28.8 Å². The summed E-state index contributed by atoms with van der Waals surface area (Å²) in [5.41, 5.74) is 2.71. The van der Waals surface area contributed by atoms with Crippen molar-refractivity contribution in [3.63, 3.8) is 0 Å². The van der Waals surface area contributed by atoms with Crippen LogP contribution in [0.3, 0.4) is 0 Å². The van der Waals surface area contributed by atoms with Crippen LogP contribution in [0.25, 0.3) is 0 Å². The second kappa shape index (κ2) is 8.09. The highest BCUT2D eigenvalue weighted by molar-refractivity contribution is 7.89. The summed E-state index contributed by atoms with van der Waals surface area (Å²) < 4.78 is 27.7. The zero-order valence-corrected chi connectivity index (χ0v) is 15.5. The fourth-order valence-corrected chi connectivity index (χ4v) is 4.14. The molecule has 1 aromatic rings. The molecule has 5 heteroatoms. The molecule has 0 amide bonds. The van der Waals surface area contributed by atoms with Gasteiger partial charge in [0, 0.05) is 12.6 Å². The molecule has 0 atom stereocenters. The van der Waals surface area contributed by atoms with Gasteiger partial charge in [-0.15, -0.1) is 0 Å². The van der Waals surface area contributed by atoms with Gasteiger partial charge in [-0.3, -0.25) is 0 Å². The zero-order chi connectivity index (χ0) is 16.9. The summed E-state index contributed by atoms with van der Waals surface area (Å²) in [6.07, 6.45) is 1.84. The summed E-state index contributed by atoms with van der Waals surface area (Å²) in [6.45, 7) is 11.5. The van der Waals surface area contributed by atoms with E-state index in [1.165, 1.54) is 0 Å². The topological polar surface area (TPSA) is 49.4 Å². The Bertz CT molecular complexity index is 572. The normalized spacial score (nSPS) is 12.4. The smallest absolute Gasteiger partial charge is 0.241 e. The van der Waals surface area contributed by atoms with Crippen molar-refractivity contribution in [3.8, 4) is 0 Å². The SMILES string of the molecule is Cc1cc(C)c(S(=O)(=O)NCCCCN(C)C(C)C)c(C)c1. The monoisotopic (exact) mass is 326 g/mol. The summed E-state index contributed by atoms with van der Waals surface area (Å²) in [6, 6.07) is 4.35. The van der Waals surface area contributed by atoms with Gasteiger partial charge in [-0.05, 0) is 72.2 Å². The van der Waals surface area contributed by atoms with E-state index in [4.69, 9.17) is 0 Å². The van der Waals surface area contributed by atoms with Gasteiger partial charge in [0.25, 0.3) is 0 Å². The molecular formula is C17H30N2O2S. The predicted molar refractivity (Wildman–Crippen MR) is 92.8 cm³/mol. The summed E-state index contributed by atoms with van der Waals surface area (Å²) in [5, 5.41) is 0. The predicted octanol–water partition coefficient (Wildman–Crippen LogP) is 3.01. The Balaban J connectivity index is 2.59. The molecule has 22 heavy (non-hydrogen) atoms. The molecule has 0 aliphatic carbocycles. The molecular weight excluding hydrogens is 296 g/mol. The third-order valence-corrected chi connectivity index (χ3v) is 5.75. The van der Waals surface area contributed by atoms with Crippen molar-refractivity contribution >= 4 is 10.0 Å². The number of nitrogens with one attached hydrogen (secondary N) is 1. The first kappa shape index (κ1) is 19.1. The molecule has 0 spiro atoms. The largest absolute Gasteiger partial charge is 0.304 e. The number of benzene rings is 1. The molecule has 1 aromatic carbocycles. The fraction of sp³-hybridized carbons (Fsp3) is 0.647. The molecule has 0 heterocycles. The van der Waals surface area contributed by atoms with E-state index in [0.29, 0.717) is 17.5 Å². The van der Waals surface area contributed by atoms with E-state index in [2.05, 4.69) is 30.5 Å². The molecule has 4 nitrogen and oxygen atoms in total. The van der Waals surface area contributed by atoms with E-state index in [1.54, 1.807) is 0 Å². The second-order valence-corrected chi connectivity index (χ2v) is 8.11. The van der Waals surface area contributed by atoms with E-state index < -0.39 is 10.0 Å². The van der Waals surface area contributed by atoms with E-state index in [0.717, 1.165) is 36.1 Å². The van der Waals surface area contributed by atoms with Crippen molar-refractivity contribution in [2.75, 3.05) is 20.1 Å². The lowest BCUT2D eigenvalue weighted by Crippen LogP contribution is -2.29. The average molecular weight is 327 g/mol. The minimum atomic E-state index is -3.42. The maximum absolute atomic E-state index is 12.5. The third kappa shape index (κ3) is 5.38. The van der Waals surface area contributed by atoms with Crippen LogP contribution in [0.15, 0.2) is 17.0 Å². The first-order chi connectivity index (χ1) is 10.1. The zero-order valence-electron chi connectivity index (χ0n) is 14.7. The van der Waals surface area contributed by atoms with Crippen LogP contribution in [-0.4, -0.2) is 39.5 Å². The highest BCUT2D eigenvalue weighted by atomic mass is 32.2. The second-order valence-electron chi connectivity index (χ2n) is 6.41. The van der Waals surface area contributed by atoms with Crippen LogP contribution < -0.4 is 4.72 Å². The molecule has 0 saturated carbocycles. The van der Waals surface area contributed by atoms with E-state index in [9.17, 15) is 8.42 Å². The van der Waals surface area contributed by atoms with Gasteiger partial charge in [0.15, 0.2) is 0 Å². The summed E-state index contributed by atoms with van der Waals surface area (Å²) in [5.74, 6) is 0. The molecule has 0 radical (unpaired) electrons. The molecule has 0 saturated heterocycles. The molecule has 1 rings (SSSR count). The fourth-order valence-electron chi connectivity index (χ4n) is 2.61. The minimum absolute atomic E-state index is 0.428. The summed E-state index contributed by atoms with van der Waals surface area (Å²) in [7, 11) is -1.33. The Morgan fingerprint density at radius 2 is 1.64 bits per heavy atom. The lowest BCUT2D eigenvalue weighted by molar-refractivity contribution is 0.268. The van der Waals surface area contributed by atoms with Crippen molar-refractivity contribution in [2.45, 2.75) is 58.4 Å². The van der Waals surface area contributed by atoms with E-state index in [-0.39, 0.29) is 0 Å². The van der Waals surface area contributed by atoms with Gasteiger partial charge < -0.3 is 4.90 Å². The number of hydrogen-bond donors (Lipinski definition) is 1. The summed E-state index contributed by atoms with van der Waals surface area (Å²) in [4.78, 5) is 2.69. The van der Waals surface area contributed by atoms with Gasteiger partial charge in [0.2, 0.25) is 10.0 Å². The first-order valence-corrected chi connectivity index (χ1v) is 9.41. The molecule has 0 aliphatic rings. The van der Waals surface area contributed by atoms with Crippen molar-refractivity contribution < 1.29 is 8.42 Å². The van der Waals surface area contributed by atoms with Crippen LogP contribution in [0.5, 0.6) is 0 Å². The summed E-state index contributed by atoms with van der Waals surface area (Å²) >= 11 is 0. The standard InChI is InChI=1S/C17H30N2O2S/c1-13(2)19(6)10-8-7-9-18-22(20,21)17-15(4)11-14(3)12-16(17)5/h11-13,18H,7-10H2,1-6H3. The highest BCUT2D eigenvalue weighted by Crippen LogP contribution is 2.21. The van der Waals surface area contributed by atoms with E-state index in [1.807, 2.05) is 32.9 Å². The maximum Gasteiger partial charge on any atom is 0.241 e. The maximum atomic E-state index is 12.5. The van der Waals surface area contributed by atoms with E-state index >= 15 is 0 Å². The average Bonchev–Trinajstić information content (AvgIpc) is 2.35. The number of nitrogens with zero attached hydrogens (tertiary/aromatic N) is 1. The van der Waals surface area contributed by atoms with Crippen LogP contribution in [0.1, 0.15) is 43.4 Å². The van der Waals surface area contributed by atoms with Crippen LogP contribution in [0.4, 0.5) is 0 Å². The lowest BCUT2D eigenvalue weighted by atomic mass is 10.1. The number of hydrogen-bond acceptors (Lipinski definition) is 3.